The minimum atomic E-state index is -0.408. The fourth-order valence-corrected chi connectivity index (χ4v) is 2.52. The number of nitriles is 1. The van der Waals surface area contributed by atoms with Crippen LogP contribution in [-0.2, 0) is 4.79 Å². The molecule has 0 aliphatic heterocycles. The average Bonchev–Trinajstić information content (AvgIpc) is 2.61. The average molecular weight is 312 g/mol. The Hall–Kier alpha value is -3.38. The summed E-state index contributed by atoms with van der Waals surface area (Å²) in [6.07, 6.45) is 1.63. The first-order chi connectivity index (χ1) is 11.7. The molecule has 3 aromatic rings. The van der Waals surface area contributed by atoms with Crippen LogP contribution in [0.25, 0.3) is 16.8 Å². The van der Waals surface area contributed by atoms with Crippen molar-refractivity contribution in [2.75, 3.05) is 5.32 Å². The second-order valence-corrected chi connectivity index (χ2v) is 5.56. The van der Waals surface area contributed by atoms with Crippen molar-refractivity contribution in [2.24, 2.45) is 0 Å². The molecule has 116 valence electrons. The highest BCUT2D eigenvalue weighted by Crippen LogP contribution is 2.21. The number of carbonyl (C=O) groups excluding carboxylic acids is 1. The molecule has 3 nitrogen and oxygen atoms in total. The number of hydrogen-bond acceptors (Lipinski definition) is 2. The zero-order valence-corrected chi connectivity index (χ0v) is 13.3. The lowest BCUT2D eigenvalue weighted by Gasteiger charge is -2.06. The van der Waals surface area contributed by atoms with E-state index in [0.717, 1.165) is 21.9 Å². The molecular formula is C21H16N2O. The zero-order chi connectivity index (χ0) is 16.9. The Morgan fingerprint density at radius 3 is 2.46 bits per heavy atom. The van der Waals surface area contributed by atoms with Crippen LogP contribution < -0.4 is 5.32 Å². The van der Waals surface area contributed by atoms with Crippen LogP contribution in [0.1, 0.15) is 11.1 Å². The molecule has 0 aromatic heterocycles. The highest BCUT2D eigenvalue weighted by Gasteiger charge is 2.10. The monoisotopic (exact) mass is 312 g/mol. The molecule has 0 atom stereocenters. The predicted molar refractivity (Wildman–Crippen MR) is 97.3 cm³/mol. The maximum absolute atomic E-state index is 12.4. The summed E-state index contributed by atoms with van der Waals surface area (Å²) in [6, 6.07) is 23.2. The van der Waals surface area contributed by atoms with Crippen LogP contribution in [0.2, 0.25) is 0 Å². The third-order valence-electron chi connectivity index (χ3n) is 3.80. The number of rotatable bonds is 3. The SMILES string of the molecule is Cc1ccc(NC(=O)C(C#N)=Cc2cccc3ccccc23)cc1. The van der Waals surface area contributed by atoms with Gasteiger partial charge in [0.15, 0.2) is 0 Å². The van der Waals surface area contributed by atoms with E-state index in [1.165, 1.54) is 0 Å². The number of benzene rings is 3. The van der Waals surface area contributed by atoms with Gasteiger partial charge in [-0.05, 0) is 41.5 Å². The summed E-state index contributed by atoms with van der Waals surface area (Å²) < 4.78 is 0. The van der Waals surface area contributed by atoms with Crippen LogP contribution in [0.4, 0.5) is 5.69 Å². The lowest BCUT2D eigenvalue weighted by molar-refractivity contribution is -0.112. The Balaban J connectivity index is 1.92. The molecule has 0 aliphatic carbocycles. The molecular weight excluding hydrogens is 296 g/mol. The van der Waals surface area contributed by atoms with Gasteiger partial charge >= 0.3 is 0 Å². The van der Waals surface area contributed by atoms with Gasteiger partial charge in [0.25, 0.3) is 5.91 Å². The van der Waals surface area contributed by atoms with E-state index in [1.54, 1.807) is 6.08 Å². The molecule has 0 saturated carbocycles. The first-order valence-electron chi connectivity index (χ1n) is 7.65. The molecule has 1 N–H and O–H groups in total. The summed E-state index contributed by atoms with van der Waals surface area (Å²) in [5, 5.41) is 14.2. The normalized spacial score (nSPS) is 11.1. The molecule has 0 radical (unpaired) electrons. The third-order valence-corrected chi connectivity index (χ3v) is 3.80. The predicted octanol–water partition coefficient (Wildman–Crippen LogP) is 4.69. The van der Waals surface area contributed by atoms with Gasteiger partial charge in [0.2, 0.25) is 0 Å². The lowest BCUT2D eigenvalue weighted by atomic mass is 10.0. The number of nitrogens with one attached hydrogen (secondary N) is 1. The van der Waals surface area contributed by atoms with Crippen molar-refractivity contribution in [1.82, 2.24) is 0 Å². The van der Waals surface area contributed by atoms with Gasteiger partial charge in [0, 0.05) is 5.69 Å². The first kappa shape index (κ1) is 15.5. The molecule has 0 heterocycles. The molecule has 24 heavy (non-hydrogen) atoms. The van der Waals surface area contributed by atoms with Crippen LogP contribution in [0.3, 0.4) is 0 Å². The van der Waals surface area contributed by atoms with Gasteiger partial charge in [-0.1, -0.05) is 60.2 Å². The smallest absolute Gasteiger partial charge is 0.266 e. The van der Waals surface area contributed by atoms with Crippen LogP contribution in [-0.4, -0.2) is 5.91 Å². The molecule has 0 fully saturated rings. The fraction of sp³-hybridized carbons (Fsp3) is 0.0476. The van der Waals surface area contributed by atoms with Crippen molar-refractivity contribution in [3.8, 4) is 6.07 Å². The van der Waals surface area contributed by atoms with E-state index < -0.39 is 5.91 Å². The van der Waals surface area contributed by atoms with Gasteiger partial charge in [0.1, 0.15) is 11.6 Å². The molecule has 0 unspecified atom stereocenters. The molecule has 0 spiro atoms. The van der Waals surface area contributed by atoms with Crippen molar-refractivity contribution in [2.45, 2.75) is 6.92 Å². The van der Waals surface area contributed by atoms with Crippen molar-refractivity contribution in [1.29, 1.82) is 5.26 Å². The van der Waals surface area contributed by atoms with E-state index in [0.29, 0.717) is 5.69 Å². The van der Waals surface area contributed by atoms with Crippen LogP contribution >= 0.6 is 0 Å². The Morgan fingerprint density at radius 2 is 1.71 bits per heavy atom. The second kappa shape index (κ2) is 6.80. The van der Waals surface area contributed by atoms with Crippen LogP contribution in [0.5, 0.6) is 0 Å². The van der Waals surface area contributed by atoms with Crippen LogP contribution in [0.15, 0.2) is 72.3 Å². The Labute approximate surface area is 140 Å². The molecule has 0 bridgehead atoms. The van der Waals surface area contributed by atoms with E-state index in [-0.39, 0.29) is 5.57 Å². The fourth-order valence-electron chi connectivity index (χ4n) is 2.52. The number of carbonyl (C=O) groups is 1. The first-order valence-corrected chi connectivity index (χ1v) is 7.65. The molecule has 3 heteroatoms. The number of fused-ring (bicyclic) bond motifs is 1. The number of aryl methyl sites for hydroxylation is 1. The van der Waals surface area contributed by atoms with Gasteiger partial charge in [-0.2, -0.15) is 5.26 Å². The van der Waals surface area contributed by atoms with Gasteiger partial charge in [0.05, 0.1) is 0 Å². The highest BCUT2D eigenvalue weighted by molar-refractivity contribution is 6.10. The van der Waals surface area contributed by atoms with Gasteiger partial charge in [-0.3, -0.25) is 4.79 Å². The Bertz CT molecular complexity index is 958. The zero-order valence-electron chi connectivity index (χ0n) is 13.3. The lowest BCUT2D eigenvalue weighted by Crippen LogP contribution is -2.13. The van der Waals surface area contributed by atoms with Gasteiger partial charge in [-0.15, -0.1) is 0 Å². The van der Waals surface area contributed by atoms with E-state index in [9.17, 15) is 10.1 Å². The molecule has 3 rings (SSSR count). The Morgan fingerprint density at radius 1 is 1.00 bits per heavy atom. The summed E-state index contributed by atoms with van der Waals surface area (Å²) in [5.41, 5.74) is 2.71. The van der Waals surface area contributed by atoms with Gasteiger partial charge in [-0.25, -0.2) is 0 Å². The number of nitrogens with zero attached hydrogens (tertiary/aromatic N) is 1. The Kier molecular flexibility index (Phi) is 4.40. The second-order valence-electron chi connectivity index (χ2n) is 5.56. The molecule has 1 amide bonds. The van der Waals surface area contributed by atoms with Gasteiger partial charge < -0.3 is 5.32 Å². The molecule has 3 aromatic carbocycles. The summed E-state index contributed by atoms with van der Waals surface area (Å²) in [6.45, 7) is 1.98. The van der Waals surface area contributed by atoms with E-state index >= 15 is 0 Å². The van der Waals surface area contributed by atoms with Crippen molar-refractivity contribution < 1.29 is 4.79 Å². The highest BCUT2D eigenvalue weighted by atomic mass is 16.1. The largest absolute Gasteiger partial charge is 0.321 e. The van der Waals surface area contributed by atoms with Crippen molar-refractivity contribution in [3.63, 3.8) is 0 Å². The summed E-state index contributed by atoms with van der Waals surface area (Å²) in [7, 11) is 0. The molecule has 0 aliphatic rings. The third kappa shape index (κ3) is 3.34. The molecule has 0 saturated heterocycles. The summed E-state index contributed by atoms with van der Waals surface area (Å²) in [4.78, 5) is 12.4. The minimum absolute atomic E-state index is 0.0759. The van der Waals surface area contributed by atoms with Crippen LogP contribution in [0, 0.1) is 18.3 Å². The number of amides is 1. The maximum atomic E-state index is 12.4. The standard InChI is InChI=1S/C21H16N2O/c1-15-9-11-19(12-10-15)23-21(24)18(14-22)13-17-7-4-6-16-5-2-3-8-20(16)17/h2-13H,1H3,(H,23,24). The summed E-state index contributed by atoms with van der Waals surface area (Å²) in [5.74, 6) is -0.408. The number of anilines is 1. The summed E-state index contributed by atoms with van der Waals surface area (Å²) >= 11 is 0. The number of hydrogen-bond donors (Lipinski definition) is 1. The maximum Gasteiger partial charge on any atom is 0.266 e. The topological polar surface area (TPSA) is 52.9 Å². The van der Waals surface area contributed by atoms with E-state index in [2.05, 4.69) is 5.32 Å². The van der Waals surface area contributed by atoms with E-state index in [4.69, 9.17) is 0 Å². The van der Waals surface area contributed by atoms with Crippen molar-refractivity contribution in [3.05, 3.63) is 83.4 Å². The van der Waals surface area contributed by atoms with E-state index in [1.807, 2.05) is 79.7 Å². The quantitative estimate of drug-likeness (QED) is 0.563. The van der Waals surface area contributed by atoms with Crippen molar-refractivity contribution >= 4 is 28.4 Å². The minimum Gasteiger partial charge on any atom is -0.321 e.